The van der Waals surface area contributed by atoms with E-state index in [1.807, 2.05) is 12.1 Å². The van der Waals surface area contributed by atoms with Crippen LogP contribution >= 0.6 is 0 Å². The number of ether oxygens (including phenoxy) is 1. The van der Waals surface area contributed by atoms with Crippen LogP contribution in [0.25, 0.3) is 0 Å². The predicted octanol–water partition coefficient (Wildman–Crippen LogP) is 2.95. The molecule has 2 atom stereocenters. The molecule has 0 N–H and O–H groups in total. The van der Waals surface area contributed by atoms with Crippen LogP contribution in [-0.2, 0) is 9.53 Å². The van der Waals surface area contributed by atoms with E-state index in [1.165, 1.54) is 7.11 Å². The molecule has 0 heterocycles. The van der Waals surface area contributed by atoms with Crippen molar-refractivity contribution in [2.24, 2.45) is 5.92 Å². The molecule has 0 amide bonds. The molecule has 0 radical (unpaired) electrons. The number of hydrogen-bond donors (Lipinski definition) is 0. The van der Waals surface area contributed by atoms with Gasteiger partial charge in [-0.15, -0.1) is 0 Å². The van der Waals surface area contributed by atoms with Gasteiger partial charge in [-0.2, -0.15) is 0 Å². The summed E-state index contributed by atoms with van der Waals surface area (Å²) >= 11 is 0. The van der Waals surface area contributed by atoms with E-state index in [2.05, 4.69) is 4.74 Å². The SMILES string of the molecule is COC(=O)c1ccc([C@H]2CCC[C@H]2C(C)=O)cc1. The lowest BCUT2D eigenvalue weighted by Crippen LogP contribution is -2.14. The second kappa shape index (κ2) is 5.34. The van der Waals surface area contributed by atoms with Gasteiger partial charge in [0.2, 0.25) is 0 Å². The smallest absolute Gasteiger partial charge is 0.337 e. The topological polar surface area (TPSA) is 43.4 Å². The lowest BCUT2D eigenvalue weighted by Gasteiger charge is -2.17. The van der Waals surface area contributed by atoms with Crippen molar-refractivity contribution in [1.82, 2.24) is 0 Å². The highest BCUT2D eigenvalue weighted by atomic mass is 16.5. The number of benzene rings is 1. The van der Waals surface area contributed by atoms with Crippen molar-refractivity contribution in [3.8, 4) is 0 Å². The Morgan fingerprint density at radius 3 is 2.39 bits per heavy atom. The molecule has 3 nitrogen and oxygen atoms in total. The van der Waals surface area contributed by atoms with Crippen LogP contribution in [0.5, 0.6) is 0 Å². The van der Waals surface area contributed by atoms with Gasteiger partial charge in [-0.3, -0.25) is 4.79 Å². The minimum Gasteiger partial charge on any atom is -0.465 e. The van der Waals surface area contributed by atoms with Crippen LogP contribution in [0.3, 0.4) is 0 Å². The van der Waals surface area contributed by atoms with E-state index in [1.54, 1.807) is 19.1 Å². The summed E-state index contributed by atoms with van der Waals surface area (Å²) in [6.07, 6.45) is 3.15. The van der Waals surface area contributed by atoms with Crippen LogP contribution in [-0.4, -0.2) is 18.9 Å². The average Bonchev–Trinajstić information content (AvgIpc) is 2.87. The minimum absolute atomic E-state index is 0.147. The van der Waals surface area contributed by atoms with E-state index in [9.17, 15) is 9.59 Å². The molecule has 1 aromatic rings. The van der Waals surface area contributed by atoms with Crippen molar-refractivity contribution < 1.29 is 14.3 Å². The third-order valence-corrected chi connectivity index (χ3v) is 3.80. The largest absolute Gasteiger partial charge is 0.465 e. The number of Topliss-reactive ketones (excluding diaryl/α,β-unsaturated/α-hetero) is 1. The van der Waals surface area contributed by atoms with Gasteiger partial charge >= 0.3 is 5.97 Å². The average molecular weight is 246 g/mol. The highest BCUT2D eigenvalue weighted by Gasteiger charge is 2.31. The molecule has 1 aliphatic carbocycles. The first-order chi connectivity index (χ1) is 8.63. The molecule has 1 aromatic carbocycles. The van der Waals surface area contributed by atoms with Crippen LogP contribution in [0.4, 0.5) is 0 Å². The van der Waals surface area contributed by atoms with E-state index < -0.39 is 0 Å². The standard InChI is InChI=1S/C15H18O3/c1-10(16)13-4-3-5-14(13)11-6-8-12(9-7-11)15(17)18-2/h6-9,13-14H,3-5H2,1-2H3/t13-,14+/m0/s1. The summed E-state index contributed by atoms with van der Waals surface area (Å²) in [6, 6.07) is 7.43. The maximum absolute atomic E-state index is 11.6. The Bertz CT molecular complexity index is 447. The molecular formula is C15H18O3. The van der Waals surface area contributed by atoms with Crippen LogP contribution < -0.4 is 0 Å². The minimum atomic E-state index is -0.323. The predicted molar refractivity (Wildman–Crippen MR) is 68.5 cm³/mol. The lowest BCUT2D eigenvalue weighted by atomic mass is 9.86. The monoisotopic (exact) mass is 246 g/mol. The molecule has 0 aliphatic heterocycles. The number of hydrogen-bond acceptors (Lipinski definition) is 3. The zero-order valence-corrected chi connectivity index (χ0v) is 10.8. The number of ketones is 1. The molecule has 0 aromatic heterocycles. The Hall–Kier alpha value is -1.64. The zero-order valence-electron chi connectivity index (χ0n) is 10.8. The van der Waals surface area contributed by atoms with Crippen molar-refractivity contribution in [2.45, 2.75) is 32.1 Å². The highest BCUT2D eigenvalue weighted by Crippen LogP contribution is 2.40. The van der Waals surface area contributed by atoms with Crippen molar-refractivity contribution in [3.05, 3.63) is 35.4 Å². The van der Waals surface area contributed by atoms with Gasteiger partial charge in [-0.1, -0.05) is 18.6 Å². The Morgan fingerprint density at radius 1 is 1.17 bits per heavy atom. The molecule has 2 rings (SSSR count). The summed E-state index contributed by atoms with van der Waals surface area (Å²) in [4.78, 5) is 22.9. The summed E-state index contributed by atoms with van der Waals surface area (Å²) in [5.74, 6) is 0.411. The van der Waals surface area contributed by atoms with Crippen LogP contribution in [0.1, 0.15) is 48.0 Å². The summed E-state index contributed by atoms with van der Waals surface area (Å²) in [5, 5.41) is 0. The second-order valence-electron chi connectivity index (χ2n) is 4.87. The van der Waals surface area contributed by atoms with Gasteiger partial charge in [0, 0.05) is 5.92 Å². The van der Waals surface area contributed by atoms with Crippen LogP contribution in [0.15, 0.2) is 24.3 Å². The molecule has 3 heteroatoms. The van der Waals surface area contributed by atoms with Crippen molar-refractivity contribution in [1.29, 1.82) is 0 Å². The lowest BCUT2D eigenvalue weighted by molar-refractivity contribution is -0.120. The fourth-order valence-corrected chi connectivity index (χ4v) is 2.83. The third kappa shape index (κ3) is 2.45. The van der Waals surface area contributed by atoms with Crippen molar-refractivity contribution in [3.63, 3.8) is 0 Å². The van der Waals surface area contributed by atoms with Gasteiger partial charge in [0.15, 0.2) is 0 Å². The molecule has 1 aliphatic rings. The summed E-state index contributed by atoms with van der Waals surface area (Å²) in [5.41, 5.74) is 1.71. The van der Waals surface area contributed by atoms with Crippen LogP contribution in [0.2, 0.25) is 0 Å². The Balaban J connectivity index is 2.19. The molecule has 1 saturated carbocycles. The normalized spacial score (nSPS) is 22.8. The summed E-state index contributed by atoms with van der Waals surface area (Å²) in [7, 11) is 1.37. The highest BCUT2D eigenvalue weighted by molar-refractivity contribution is 5.89. The summed E-state index contributed by atoms with van der Waals surface area (Å²) < 4.78 is 4.67. The zero-order chi connectivity index (χ0) is 13.1. The van der Waals surface area contributed by atoms with E-state index in [4.69, 9.17) is 0 Å². The van der Waals surface area contributed by atoms with Gasteiger partial charge in [-0.05, 0) is 43.4 Å². The second-order valence-corrected chi connectivity index (χ2v) is 4.87. The first kappa shape index (κ1) is 12.8. The number of carbonyl (C=O) groups excluding carboxylic acids is 2. The molecule has 0 unspecified atom stereocenters. The first-order valence-electron chi connectivity index (χ1n) is 6.32. The molecular weight excluding hydrogens is 228 g/mol. The van der Waals surface area contributed by atoms with E-state index in [0.29, 0.717) is 11.5 Å². The van der Waals surface area contributed by atoms with Gasteiger partial charge < -0.3 is 4.74 Å². The molecule has 0 spiro atoms. The van der Waals surface area contributed by atoms with Gasteiger partial charge in [-0.25, -0.2) is 4.79 Å². The Kier molecular flexibility index (Phi) is 3.80. The van der Waals surface area contributed by atoms with Gasteiger partial charge in [0.05, 0.1) is 12.7 Å². The number of methoxy groups -OCH3 is 1. The summed E-state index contributed by atoms with van der Waals surface area (Å²) in [6.45, 7) is 1.67. The fraction of sp³-hybridized carbons (Fsp3) is 0.467. The first-order valence-corrected chi connectivity index (χ1v) is 6.32. The van der Waals surface area contributed by atoms with Crippen molar-refractivity contribution in [2.75, 3.05) is 7.11 Å². The third-order valence-electron chi connectivity index (χ3n) is 3.80. The van der Waals surface area contributed by atoms with E-state index in [-0.39, 0.29) is 17.7 Å². The molecule has 96 valence electrons. The van der Waals surface area contributed by atoms with Crippen molar-refractivity contribution >= 4 is 11.8 Å². The van der Waals surface area contributed by atoms with Crippen LogP contribution in [0, 0.1) is 5.92 Å². The molecule has 0 saturated heterocycles. The molecule has 0 bridgehead atoms. The Labute approximate surface area is 107 Å². The molecule has 1 fully saturated rings. The van der Waals surface area contributed by atoms with Gasteiger partial charge in [0.1, 0.15) is 5.78 Å². The number of esters is 1. The van der Waals surface area contributed by atoms with Gasteiger partial charge in [0.25, 0.3) is 0 Å². The number of rotatable bonds is 3. The van der Waals surface area contributed by atoms with E-state index in [0.717, 1.165) is 24.8 Å². The maximum Gasteiger partial charge on any atom is 0.337 e. The molecule has 18 heavy (non-hydrogen) atoms. The quantitative estimate of drug-likeness (QED) is 0.770. The maximum atomic E-state index is 11.6. The fourth-order valence-electron chi connectivity index (χ4n) is 2.83. The number of carbonyl (C=O) groups is 2. The van der Waals surface area contributed by atoms with E-state index >= 15 is 0 Å². The Morgan fingerprint density at radius 2 is 1.83 bits per heavy atom.